The van der Waals surface area contributed by atoms with Gasteiger partial charge in [-0.3, -0.25) is 0 Å². The van der Waals surface area contributed by atoms with E-state index in [2.05, 4.69) is 12.4 Å². The predicted molar refractivity (Wildman–Crippen MR) is 62.0 cm³/mol. The Morgan fingerprint density at radius 3 is 2.43 bits per heavy atom. The van der Waals surface area contributed by atoms with E-state index in [1.54, 1.807) is 7.11 Å². The Hall–Kier alpha value is -0.280. The van der Waals surface area contributed by atoms with Crippen molar-refractivity contribution in [1.82, 2.24) is 5.48 Å². The Morgan fingerprint density at radius 1 is 1.36 bits per heavy atom. The molecule has 14 heavy (non-hydrogen) atoms. The van der Waals surface area contributed by atoms with Crippen LogP contribution < -0.4 is 5.48 Å². The first-order valence-electron chi connectivity index (χ1n) is 4.25. The molecule has 0 aliphatic heterocycles. The molecular formula is C10H15Cl2NO. The van der Waals surface area contributed by atoms with Crippen molar-refractivity contribution in [3.05, 3.63) is 34.9 Å². The summed E-state index contributed by atoms with van der Waals surface area (Å²) in [4.78, 5) is 4.82. The van der Waals surface area contributed by atoms with Gasteiger partial charge < -0.3 is 4.84 Å². The molecule has 0 heterocycles. The van der Waals surface area contributed by atoms with Crippen LogP contribution in [0.4, 0.5) is 0 Å². The van der Waals surface area contributed by atoms with E-state index < -0.39 is 0 Å². The van der Waals surface area contributed by atoms with Gasteiger partial charge in [-0.05, 0) is 31.0 Å². The summed E-state index contributed by atoms with van der Waals surface area (Å²) >= 11 is 5.77. The van der Waals surface area contributed by atoms with Crippen LogP contribution in [0.15, 0.2) is 24.3 Å². The molecule has 0 saturated carbocycles. The van der Waals surface area contributed by atoms with Crippen LogP contribution in [0.25, 0.3) is 0 Å². The molecule has 0 saturated heterocycles. The molecule has 0 bridgehead atoms. The number of hydroxylamine groups is 1. The van der Waals surface area contributed by atoms with Crippen LogP contribution in [-0.4, -0.2) is 13.2 Å². The number of rotatable bonds is 4. The highest BCUT2D eigenvalue weighted by atomic mass is 35.5. The molecular weight excluding hydrogens is 221 g/mol. The minimum atomic E-state index is 0. The smallest absolute Gasteiger partial charge is 0.0572 e. The number of benzene rings is 1. The van der Waals surface area contributed by atoms with Gasteiger partial charge in [0.05, 0.1) is 7.11 Å². The van der Waals surface area contributed by atoms with Gasteiger partial charge in [-0.1, -0.05) is 23.7 Å². The maximum atomic E-state index is 5.77. The summed E-state index contributed by atoms with van der Waals surface area (Å²) < 4.78 is 0. The lowest BCUT2D eigenvalue weighted by Gasteiger charge is -2.11. The highest BCUT2D eigenvalue weighted by molar-refractivity contribution is 6.30. The van der Waals surface area contributed by atoms with Crippen LogP contribution in [0.5, 0.6) is 0 Å². The number of hydrogen-bond acceptors (Lipinski definition) is 2. The molecule has 1 atom stereocenters. The van der Waals surface area contributed by atoms with Crippen molar-refractivity contribution in [2.24, 2.45) is 0 Å². The second kappa shape index (κ2) is 7.07. The Bertz CT molecular complexity index is 251. The van der Waals surface area contributed by atoms with Crippen molar-refractivity contribution in [2.75, 3.05) is 7.11 Å². The molecule has 0 fully saturated rings. The number of nitrogens with one attached hydrogen (secondary N) is 1. The quantitative estimate of drug-likeness (QED) is 0.811. The van der Waals surface area contributed by atoms with E-state index in [9.17, 15) is 0 Å². The summed E-state index contributed by atoms with van der Waals surface area (Å²) in [7, 11) is 1.62. The van der Waals surface area contributed by atoms with E-state index in [4.69, 9.17) is 16.4 Å². The Kier molecular flexibility index (Phi) is 6.93. The standard InChI is InChI=1S/C10H14ClNO.ClH/c1-8(12-13-2)7-9-3-5-10(11)6-4-9;/h3-6,8,12H,7H2,1-2H3;1H. The molecule has 4 heteroatoms. The number of halogens is 2. The SMILES string of the molecule is CONC(C)Cc1ccc(Cl)cc1.Cl. The average molecular weight is 236 g/mol. The van der Waals surface area contributed by atoms with E-state index >= 15 is 0 Å². The van der Waals surface area contributed by atoms with Gasteiger partial charge in [-0.15, -0.1) is 12.4 Å². The van der Waals surface area contributed by atoms with Crippen LogP contribution in [0.2, 0.25) is 5.02 Å². The molecule has 1 unspecified atom stereocenters. The van der Waals surface area contributed by atoms with Gasteiger partial charge in [-0.2, -0.15) is 5.48 Å². The molecule has 1 aromatic carbocycles. The highest BCUT2D eigenvalue weighted by Crippen LogP contribution is 2.10. The zero-order chi connectivity index (χ0) is 9.68. The summed E-state index contributed by atoms with van der Waals surface area (Å²) in [6.07, 6.45) is 0.936. The third kappa shape index (κ3) is 4.82. The van der Waals surface area contributed by atoms with E-state index in [0.29, 0.717) is 6.04 Å². The second-order valence-corrected chi connectivity index (χ2v) is 3.49. The average Bonchev–Trinajstić information content (AvgIpc) is 2.09. The first-order valence-corrected chi connectivity index (χ1v) is 4.63. The molecule has 1 aromatic rings. The molecule has 80 valence electrons. The minimum absolute atomic E-state index is 0. The van der Waals surface area contributed by atoms with Crippen molar-refractivity contribution in [2.45, 2.75) is 19.4 Å². The molecule has 1 N–H and O–H groups in total. The third-order valence-electron chi connectivity index (χ3n) is 1.77. The lowest BCUT2D eigenvalue weighted by atomic mass is 10.1. The maximum absolute atomic E-state index is 5.77. The van der Waals surface area contributed by atoms with Crippen LogP contribution in [0, 0.1) is 0 Å². The van der Waals surface area contributed by atoms with Crippen molar-refractivity contribution in [3.8, 4) is 0 Å². The van der Waals surface area contributed by atoms with Gasteiger partial charge in [0, 0.05) is 11.1 Å². The Balaban J connectivity index is 0.00000169. The van der Waals surface area contributed by atoms with Crippen molar-refractivity contribution in [1.29, 1.82) is 0 Å². The summed E-state index contributed by atoms with van der Waals surface area (Å²) in [5.41, 5.74) is 4.13. The molecule has 0 aromatic heterocycles. The summed E-state index contributed by atoms with van der Waals surface area (Å²) in [6, 6.07) is 8.16. The molecule has 0 aliphatic rings. The van der Waals surface area contributed by atoms with Crippen LogP contribution in [-0.2, 0) is 11.3 Å². The lowest BCUT2D eigenvalue weighted by molar-refractivity contribution is 0.0661. The van der Waals surface area contributed by atoms with E-state index in [1.165, 1.54) is 5.56 Å². The Labute approximate surface area is 96.0 Å². The Morgan fingerprint density at radius 2 is 1.93 bits per heavy atom. The van der Waals surface area contributed by atoms with Gasteiger partial charge in [0.2, 0.25) is 0 Å². The lowest BCUT2D eigenvalue weighted by Crippen LogP contribution is -2.26. The zero-order valence-electron chi connectivity index (χ0n) is 8.29. The minimum Gasteiger partial charge on any atom is -0.305 e. The normalized spacial score (nSPS) is 11.9. The molecule has 0 spiro atoms. The summed E-state index contributed by atoms with van der Waals surface area (Å²) in [6.45, 7) is 2.07. The largest absolute Gasteiger partial charge is 0.305 e. The first-order chi connectivity index (χ1) is 6.22. The second-order valence-electron chi connectivity index (χ2n) is 3.05. The molecule has 0 aliphatic carbocycles. The van der Waals surface area contributed by atoms with Gasteiger partial charge in [0.15, 0.2) is 0 Å². The van der Waals surface area contributed by atoms with E-state index in [0.717, 1.165) is 11.4 Å². The van der Waals surface area contributed by atoms with Crippen molar-refractivity contribution < 1.29 is 4.84 Å². The van der Waals surface area contributed by atoms with Crippen molar-refractivity contribution in [3.63, 3.8) is 0 Å². The third-order valence-corrected chi connectivity index (χ3v) is 2.03. The van der Waals surface area contributed by atoms with Gasteiger partial charge >= 0.3 is 0 Å². The molecule has 0 radical (unpaired) electrons. The van der Waals surface area contributed by atoms with E-state index in [-0.39, 0.29) is 12.4 Å². The maximum Gasteiger partial charge on any atom is 0.0572 e. The topological polar surface area (TPSA) is 21.3 Å². The van der Waals surface area contributed by atoms with Crippen LogP contribution in [0.1, 0.15) is 12.5 Å². The molecule has 2 nitrogen and oxygen atoms in total. The summed E-state index contributed by atoms with van der Waals surface area (Å²) in [5, 5.41) is 0.774. The van der Waals surface area contributed by atoms with E-state index in [1.807, 2.05) is 24.3 Å². The van der Waals surface area contributed by atoms with Gasteiger partial charge in [-0.25, -0.2) is 0 Å². The fourth-order valence-electron chi connectivity index (χ4n) is 1.22. The van der Waals surface area contributed by atoms with Crippen LogP contribution >= 0.6 is 24.0 Å². The van der Waals surface area contributed by atoms with Crippen molar-refractivity contribution >= 4 is 24.0 Å². The van der Waals surface area contributed by atoms with Gasteiger partial charge in [0.1, 0.15) is 0 Å². The number of hydrogen-bond donors (Lipinski definition) is 1. The fourth-order valence-corrected chi connectivity index (χ4v) is 1.34. The summed E-state index contributed by atoms with van der Waals surface area (Å²) in [5.74, 6) is 0. The molecule has 1 rings (SSSR count). The first kappa shape index (κ1) is 13.7. The van der Waals surface area contributed by atoms with Gasteiger partial charge in [0.25, 0.3) is 0 Å². The predicted octanol–water partition coefficient (Wildman–Crippen LogP) is 2.84. The molecule has 0 amide bonds. The highest BCUT2D eigenvalue weighted by Gasteiger charge is 2.01. The fraction of sp³-hybridized carbons (Fsp3) is 0.400. The zero-order valence-corrected chi connectivity index (χ0v) is 9.86. The van der Waals surface area contributed by atoms with Crippen LogP contribution in [0.3, 0.4) is 0 Å². The monoisotopic (exact) mass is 235 g/mol.